The lowest BCUT2D eigenvalue weighted by molar-refractivity contribution is 0.0950. The quantitative estimate of drug-likeness (QED) is 0.345. The maximum Gasteiger partial charge on any atom is 0.251 e. The minimum atomic E-state index is -0.166. The fourth-order valence-electron chi connectivity index (χ4n) is 3.53. The number of amides is 1. The second kappa shape index (κ2) is 10.6. The summed E-state index contributed by atoms with van der Waals surface area (Å²) in [5, 5.41) is 6.24. The maximum absolute atomic E-state index is 12.9. The number of carbonyl (C=O) groups excluding carboxylic acids is 1. The van der Waals surface area contributed by atoms with E-state index in [0.717, 1.165) is 22.6 Å². The minimum absolute atomic E-state index is 0.166. The number of nitrogens with zero attached hydrogens (tertiary/aromatic N) is 4. The van der Waals surface area contributed by atoms with Crippen molar-refractivity contribution in [3.63, 3.8) is 0 Å². The zero-order valence-corrected chi connectivity index (χ0v) is 20.0. The molecule has 0 saturated heterocycles. The van der Waals surface area contributed by atoms with Crippen molar-refractivity contribution in [2.45, 2.75) is 13.5 Å². The Hall–Kier alpha value is -4.59. The number of carbonyl (C=O) groups is 1. The molecule has 0 saturated carbocycles. The van der Waals surface area contributed by atoms with Crippen molar-refractivity contribution in [2.75, 3.05) is 19.4 Å². The molecule has 0 aliphatic heterocycles. The van der Waals surface area contributed by atoms with Crippen LogP contribution in [0.3, 0.4) is 0 Å². The molecule has 0 spiro atoms. The van der Waals surface area contributed by atoms with Crippen LogP contribution in [0, 0.1) is 6.92 Å². The molecule has 8 heteroatoms. The van der Waals surface area contributed by atoms with Gasteiger partial charge in [0.25, 0.3) is 5.91 Å². The SMILES string of the molecule is C=C/C=C(/Nc1cc(Oc2cccc(C(=O)NCc3ccc4nccn4c3)c2C)ccn1)N(C)C. The number of aromatic nitrogens is 3. The predicted octanol–water partition coefficient (Wildman–Crippen LogP) is 4.76. The van der Waals surface area contributed by atoms with Gasteiger partial charge in [0, 0.05) is 62.6 Å². The molecule has 0 bridgehead atoms. The summed E-state index contributed by atoms with van der Waals surface area (Å²) in [6.07, 6.45) is 10.8. The molecule has 4 aromatic rings. The molecule has 3 aromatic heterocycles. The Morgan fingerprint density at radius 1 is 1.17 bits per heavy atom. The lowest BCUT2D eigenvalue weighted by atomic mass is 10.1. The summed E-state index contributed by atoms with van der Waals surface area (Å²) in [5.74, 6) is 2.51. The first kappa shape index (κ1) is 23.6. The Labute approximate surface area is 204 Å². The molecular formula is C27H28N6O2. The van der Waals surface area contributed by atoms with E-state index in [1.54, 1.807) is 36.7 Å². The molecule has 0 aliphatic rings. The second-order valence-corrected chi connectivity index (χ2v) is 8.13. The van der Waals surface area contributed by atoms with E-state index in [1.165, 1.54) is 0 Å². The van der Waals surface area contributed by atoms with E-state index in [2.05, 4.69) is 27.2 Å². The average molecular weight is 469 g/mol. The van der Waals surface area contributed by atoms with Crippen molar-refractivity contribution < 1.29 is 9.53 Å². The van der Waals surface area contributed by atoms with E-state index in [-0.39, 0.29) is 5.91 Å². The van der Waals surface area contributed by atoms with Crippen LogP contribution < -0.4 is 15.4 Å². The van der Waals surface area contributed by atoms with E-state index < -0.39 is 0 Å². The van der Waals surface area contributed by atoms with Crippen LogP contribution in [0.25, 0.3) is 5.65 Å². The van der Waals surface area contributed by atoms with Gasteiger partial charge < -0.3 is 24.7 Å². The van der Waals surface area contributed by atoms with Gasteiger partial charge in [-0.2, -0.15) is 0 Å². The molecule has 8 nitrogen and oxygen atoms in total. The Kier molecular flexibility index (Phi) is 7.11. The van der Waals surface area contributed by atoms with Gasteiger partial charge in [0.05, 0.1) is 0 Å². The van der Waals surface area contributed by atoms with Crippen LogP contribution >= 0.6 is 0 Å². The van der Waals surface area contributed by atoms with Gasteiger partial charge in [-0.1, -0.05) is 24.8 Å². The number of allylic oxidation sites excluding steroid dienone is 2. The summed E-state index contributed by atoms with van der Waals surface area (Å²) in [6.45, 7) is 6.03. The van der Waals surface area contributed by atoms with Crippen molar-refractivity contribution in [2.24, 2.45) is 0 Å². The van der Waals surface area contributed by atoms with Crippen molar-refractivity contribution >= 4 is 17.4 Å². The molecule has 1 amide bonds. The largest absolute Gasteiger partial charge is 0.457 e. The monoisotopic (exact) mass is 468 g/mol. The first-order valence-electron chi connectivity index (χ1n) is 11.1. The summed E-state index contributed by atoms with van der Waals surface area (Å²) in [6, 6.07) is 12.9. The Balaban J connectivity index is 1.46. The fraction of sp³-hybridized carbons (Fsp3) is 0.148. The van der Waals surface area contributed by atoms with Gasteiger partial charge in [-0.3, -0.25) is 4.79 Å². The molecule has 4 rings (SSSR count). The number of ether oxygens (including phenoxy) is 1. The Morgan fingerprint density at radius 3 is 2.83 bits per heavy atom. The van der Waals surface area contributed by atoms with Gasteiger partial charge in [-0.15, -0.1) is 0 Å². The summed E-state index contributed by atoms with van der Waals surface area (Å²) in [4.78, 5) is 23.5. The first-order valence-corrected chi connectivity index (χ1v) is 11.1. The van der Waals surface area contributed by atoms with E-state index >= 15 is 0 Å². The van der Waals surface area contributed by atoms with Gasteiger partial charge in [0.1, 0.15) is 28.8 Å². The molecule has 178 valence electrons. The summed E-state index contributed by atoms with van der Waals surface area (Å²) < 4.78 is 8.05. The molecule has 0 radical (unpaired) electrons. The third-order valence-electron chi connectivity index (χ3n) is 5.40. The van der Waals surface area contributed by atoms with Crippen LogP contribution in [-0.4, -0.2) is 39.3 Å². The lowest BCUT2D eigenvalue weighted by Crippen LogP contribution is -2.23. The number of hydrogen-bond acceptors (Lipinski definition) is 6. The molecule has 1 aromatic carbocycles. The van der Waals surface area contributed by atoms with Gasteiger partial charge in [-0.25, -0.2) is 9.97 Å². The molecule has 2 N–H and O–H groups in total. The van der Waals surface area contributed by atoms with Gasteiger partial charge in [-0.05, 0) is 42.8 Å². The number of fused-ring (bicyclic) bond motifs is 1. The summed E-state index contributed by atoms with van der Waals surface area (Å²) >= 11 is 0. The van der Waals surface area contributed by atoms with Gasteiger partial charge >= 0.3 is 0 Å². The smallest absolute Gasteiger partial charge is 0.251 e. The predicted molar refractivity (Wildman–Crippen MR) is 137 cm³/mol. The first-order chi connectivity index (χ1) is 16.9. The third-order valence-corrected chi connectivity index (χ3v) is 5.40. The molecular weight excluding hydrogens is 440 g/mol. The van der Waals surface area contributed by atoms with Crippen LogP contribution in [0.5, 0.6) is 11.5 Å². The second-order valence-electron chi connectivity index (χ2n) is 8.13. The molecule has 3 heterocycles. The highest BCUT2D eigenvalue weighted by molar-refractivity contribution is 5.96. The maximum atomic E-state index is 12.9. The Bertz CT molecular complexity index is 1390. The highest BCUT2D eigenvalue weighted by Crippen LogP contribution is 2.28. The molecule has 0 unspecified atom stereocenters. The average Bonchev–Trinajstić information content (AvgIpc) is 3.32. The number of anilines is 1. The van der Waals surface area contributed by atoms with E-state index in [9.17, 15) is 4.79 Å². The number of rotatable bonds is 9. The third kappa shape index (κ3) is 5.67. The highest BCUT2D eigenvalue weighted by atomic mass is 16.5. The zero-order valence-electron chi connectivity index (χ0n) is 20.0. The highest BCUT2D eigenvalue weighted by Gasteiger charge is 2.14. The standard InChI is InChI=1S/C27H28N6O2/c1-5-7-26(32(3)4)31-24-16-21(12-13-28-24)35-23-9-6-8-22(19(23)2)27(34)30-17-20-10-11-25-29-14-15-33(25)18-20/h5-16,18H,1,17H2,2-4H3,(H,28,31)(H,30,34)/b26-7-. The number of pyridine rings is 2. The number of benzene rings is 1. The fourth-order valence-corrected chi connectivity index (χ4v) is 3.53. The molecule has 0 aliphatic carbocycles. The van der Waals surface area contributed by atoms with Crippen molar-refractivity contribution in [1.82, 2.24) is 24.6 Å². The van der Waals surface area contributed by atoms with Crippen LogP contribution in [0.4, 0.5) is 5.82 Å². The normalized spacial score (nSPS) is 11.2. The Morgan fingerprint density at radius 2 is 2.03 bits per heavy atom. The minimum Gasteiger partial charge on any atom is -0.457 e. The van der Waals surface area contributed by atoms with Crippen LogP contribution in [0.1, 0.15) is 21.5 Å². The number of hydrogen-bond donors (Lipinski definition) is 2. The number of imidazole rings is 1. The summed E-state index contributed by atoms with van der Waals surface area (Å²) in [7, 11) is 3.86. The molecule has 35 heavy (non-hydrogen) atoms. The van der Waals surface area contributed by atoms with Crippen molar-refractivity contribution in [3.8, 4) is 11.5 Å². The molecule has 0 fully saturated rings. The van der Waals surface area contributed by atoms with Gasteiger partial charge in [0.15, 0.2) is 0 Å². The summed E-state index contributed by atoms with van der Waals surface area (Å²) in [5.41, 5.74) is 3.16. The van der Waals surface area contributed by atoms with E-state index in [4.69, 9.17) is 4.74 Å². The van der Waals surface area contributed by atoms with Crippen LogP contribution in [0.15, 0.2) is 91.8 Å². The topological polar surface area (TPSA) is 83.8 Å². The lowest BCUT2D eigenvalue weighted by Gasteiger charge is -2.18. The van der Waals surface area contributed by atoms with Gasteiger partial charge in [0.2, 0.25) is 0 Å². The van der Waals surface area contributed by atoms with Crippen LogP contribution in [-0.2, 0) is 6.54 Å². The number of nitrogens with one attached hydrogen (secondary N) is 2. The van der Waals surface area contributed by atoms with Crippen molar-refractivity contribution in [1.29, 1.82) is 0 Å². The zero-order chi connectivity index (χ0) is 24.8. The van der Waals surface area contributed by atoms with Crippen LogP contribution in [0.2, 0.25) is 0 Å². The molecule has 0 atom stereocenters. The van der Waals surface area contributed by atoms with Crippen molar-refractivity contribution in [3.05, 3.63) is 108 Å². The van der Waals surface area contributed by atoms with E-state index in [1.807, 2.05) is 73.1 Å². The van der Waals surface area contributed by atoms with E-state index in [0.29, 0.717) is 29.4 Å².